The molecule has 2 unspecified atom stereocenters. The Kier molecular flexibility index (Phi) is 4.20. The highest BCUT2D eigenvalue weighted by Crippen LogP contribution is 2.33. The van der Waals surface area contributed by atoms with Crippen molar-refractivity contribution in [3.05, 3.63) is 59.4 Å². The summed E-state index contributed by atoms with van der Waals surface area (Å²) in [5.74, 6) is 1.47. The average molecular weight is 282 g/mol. The van der Waals surface area contributed by atoms with Crippen LogP contribution in [0.15, 0.2) is 42.7 Å². The third-order valence-electron chi connectivity index (χ3n) is 4.06. The Balaban J connectivity index is 1.85. The van der Waals surface area contributed by atoms with Crippen LogP contribution < -0.4 is 10.1 Å². The average Bonchev–Trinajstić information content (AvgIpc) is 2.52. The lowest BCUT2D eigenvalue weighted by Gasteiger charge is -2.32. The van der Waals surface area contributed by atoms with Crippen molar-refractivity contribution in [3.8, 4) is 5.75 Å². The van der Waals surface area contributed by atoms with Crippen LogP contribution in [-0.2, 0) is 6.42 Å². The fraction of sp³-hybridized carbons (Fsp3) is 0.389. The topological polar surface area (TPSA) is 34.2 Å². The van der Waals surface area contributed by atoms with E-state index >= 15 is 0 Å². The molecule has 0 aliphatic carbocycles. The third kappa shape index (κ3) is 3.08. The second-order valence-electron chi connectivity index (χ2n) is 5.71. The van der Waals surface area contributed by atoms with Gasteiger partial charge in [-0.2, -0.15) is 0 Å². The van der Waals surface area contributed by atoms with Gasteiger partial charge in [-0.05, 0) is 42.6 Å². The number of pyridine rings is 1. The number of para-hydroxylation sites is 1. The van der Waals surface area contributed by atoms with Crippen LogP contribution in [0.3, 0.4) is 0 Å². The molecule has 0 bridgehead atoms. The molecule has 2 heterocycles. The predicted octanol–water partition coefficient (Wildman–Crippen LogP) is 3.29. The molecule has 2 atom stereocenters. The number of aromatic nitrogens is 1. The van der Waals surface area contributed by atoms with Gasteiger partial charge >= 0.3 is 0 Å². The number of nitrogens with zero attached hydrogens (tertiary/aromatic N) is 1. The van der Waals surface area contributed by atoms with Crippen molar-refractivity contribution in [2.24, 2.45) is 5.92 Å². The number of rotatable bonds is 4. The smallest absolute Gasteiger partial charge is 0.122 e. The van der Waals surface area contributed by atoms with Crippen molar-refractivity contribution in [3.63, 3.8) is 0 Å². The summed E-state index contributed by atoms with van der Waals surface area (Å²) in [4.78, 5) is 4.35. The van der Waals surface area contributed by atoms with Crippen LogP contribution in [0.25, 0.3) is 0 Å². The maximum absolute atomic E-state index is 5.95. The molecule has 0 saturated carbocycles. The third-order valence-corrected chi connectivity index (χ3v) is 4.06. The minimum atomic E-state index is 0.288. The summed E-state index contributed by atoms with van der Waals surface area (Å²) in [6.45, 7) is 5.93. The zero-order chi connectivity index (χ0) is 14.7. The molecule has 21 heavy (non-hydrogen) atoms. The number of benzene rings is 1. The van der Waals surface area contributed by atoms with Crippen LogP contribution in [0.1, 0.15) is 29.7 Å². The molecule has 110 valence electrons. The van der Waals surface area contributed by atoms with E-state index in [4.69, 9.17) is 4.74 Å². The molecule has 2 aromatic rings. The van der Waals surface area contributed by atoms with E-state index in [2.05, 4.69) is 48.4 Å². The zero-order valence-electron chi connectivity index (χ0n) is 12.7. The zero-order valence-corrected chi connectivity index (χ0v) is 12.7. The molecule has 0 radical (unpaired) electrons. The lowest BCUT2D eigenvalue weighted by molar-refractivity contribution is 0.185. The molecule has 3 rings (SSSR count). The molecule has 3 heteroatoms. The van der Waals surface area contributed by atoms with Gasteiger partial charge < -0.3 is 10.1 Å². The van der Waals surface area contributed by atoms with Crippen molar-refractivity contribution in [2.75, 3.05) is 13.2 Å². The SMILES string of the molecule is CCNC(c1cncc(C)c1)C1COc2ccccc2C1. The molecule has 0 spiro atoms. The van der Waals surface area contributed by atoms with Crippen LogP contribution in [0.5, 0.6) is 5.75 Å². The summed E-state index contributed by atoms with van der Waals surface area (Å²) < 4.78 is 5.95. The molecular weight excluding hydrogens is 260 g/mol. The van der Waals surface area contributed by atoms with E-state index in [1.807, 2.05) is 18.5 Å². The first-order valence-corrected chi connectivity index (χ1v) is 7.63. The van der Waals surface area contributed by atoms with Crippen molar-refractivity contribution >= 4 is 0 Å². The number of aryl methyl sites for hydroxylation is 1. The molecule has 1 N–H and O–H groups in total. The first-order chi connectivity index (χ1) is 10.3. The highest BCUT2D eigenvalue weighted by molar-refractivity contribution is 5.36. The molecule has 0 amide bonds. The number of fused-ring (bicyclic) bond motifs is 1. The van der Waals surface area contributed by atoms with Crippen LogP contribution in [0.4, 0.5) is 0 Å². The Morgan fingerprint density at radius 3 is 3.00 bits per heavy atom. The van der Waals surface area contributed by atoms with E-state index < -0.39 is 0 Å². The van der Waals surface area contributed by atoms with Crippen LogP contribution >= 0.6 is 0 Å². The van der Waals surface area contributed by atoms with Crippen LogP contribution in [0.2, 0.25) is 0 Å². The first kappa shape index (κ1) is 14.1. The Labute approximate surface area is 126 Å². The van der Waals surface area contributed by atoms with Gasteiger partial charge in [-0.25, -0.2) is 0 Å². The number of ether oxygens (including phenoxy) is 1. The lowest BCUT2D eigenvalue weighted by atomic mass is 9.86. The second-order valence-corrected chi connectivity index (χ2v) is 5.71. The van der Waals surface area contributed by atoms with Crippen molar-refractivity contribution in [1.82, 2.24) is 10.3 Å². The van der Waals surface area contributed by atoms with E-state index in [1.165, 1.54) is 16.7 Å². The monoisotopic (exact) mass is 282 g/mol. The summed E-state index contributed by atoms with van der Waals surface area (Å²) in [6.07, 6.45) is 4.92. The van der Waals surface area contributed by atoms with Gasteiger partial charge in [-0.1, -0.05) is 31.2 Å². The van der Waals surface area contributed by atoms with E-state index in [0.717, 1.165) is 25.3 Å². The Morgan fingerprint density at radius 1 is 1.33 bits per heavy atom. The van der Waals surface area contributed by atoms with E-state index in [1.54, 1.807) is 0 Å². The number of hydrogen-bond acceptors (Lipinski definition) is 3. The van der Waals surface area contributed by atoms with Gasteiger partial charge in [0.1, 0.15) is 5.75 Å². The lowest BCUT2D eigenvalue weighted by Crippen LogP contribution is -2.35. The molecule has 1 aromatic carbocycles. The Hall–Kier alpha value is -1.87. The highest BCUT2D eigenvalue weighted by atomic mass is 16.5. The molecule has 0 fully saturated rings. The van der Waals surface area contributed by atoms with Crippen molar-refractivity contribution in [1.29, 1.82) is 0 Å². The van der Waals surface area contributed by atoms with E-state index in [-0.39, 0.29) is 6.04 Å². The van der Waals surface area contributed by atoms with Crippen LogP contribution in [-0.4, -0.2) is 18.1 Å². The van der Waals surface area contributed by atoms with Crippen molar-refractivity contribution < 1.29 is 4.74 Å². The van der Waals surface area contributed by atoms with Crippen LogP contribution in [0, 0.1) is 12.8 Å². The largest absolute Gasteiger partial charge is 0.493 e. The van der Waals surface area contributed by atoms with Gasteiger partial charge in [0.15, 0.2) is 0 Å². The number of hydrogen-bond donors (Lipinski definition) is 1. The van der Waals surface area contributed by atoms with E-state index in [9.17, 15) is 0 Å². The Morgan fingerprint density at radius 2 is 2.19 bits per heavy atom. The highest BCUT2D eigenvalue weighted by Gasteiger charge is 2.28. The van der Waals surface area contributed by atoms with Crippen molar-refractivity contribution in [2.45, 2.75) is 26.3 Å². The summed E-state index contributed by atoms with van der Waals surface area (Å²) >= 11 is 0. The maximum Gasteiger partial charge on any atom is 0.122 e. The van der Waals surface area contributed by atoms with Gasteiger partial charge in [0.2, 0.25) is 0 Å². The minimum absolute atomic E-state index is 0.288. The van der Waals surface area contributed by atoms with Gasteiger partial charge in [0.05, 0.1) is 6.61 Å². The fourth-order valence-corrected chi connectivity index (χ4v) is 3.09. The summed E-state index contributed by atoms with van der Waals surface area (Å²) in [7, 11) is 0. The molecule has 1 aliphatic rings. The predicted molar refractivity (Wildman–Crippen MR) is 84.5 cm³/mol. The summed E-state index contributed by atoms with van der Waals surface area (Å²) in [5.41, 5.74) is 3.76. The minimum Gasteiger partial charge on any atom is -0.493 e. The number of nitrogens with one attached hydrogen (secondary N) is 1. The fourth-order valence-electron chi connectivity index (χ4n) is 3.09. The molecule has 1 aliphatic heterocycles. The molecule has 3 nitrogen and oxygen atoms in total. The Bertz CT molecular complexity index is 612. The van der Waals surface area contributed by atoms with Gasteiger partial charge in [0.25, 0.3) is 0 Å². The van der Waals surface area contributed by atoms with E-state index in [0.29, 0.717) is 5.92 Å². The van der Waals surface area contributed by atoms with Gasteiger partial charge in [-0.15, -0.1) is 0 Å². The first-order valence-electron chi connectivity index (χ1n) is 7.63. The molecule has 1 aromatic heterocycles. The van der Waals surface area contributed by atoms with Gasteiger partial charge in [0, 0.05) is 24.4 Å². The maximum atomic E-state index is 5.95. The standard InChI is InChI=1S/C18H22N2O/c1-3-20-18(15-8-13(2)10-19-11-15)16-9-14-6-4-5-7-17(14)21-12-16/h4-8,10-11,16,18,20H,3,9,12H2,1-2H3. The molecule has 0 saturated heterocycles. The second kappa shape index (κ2) is 6.27. The summed E-state index contributed by atoms with van der Waals surface area (Å²) in [5, 5.41) is 3.61. The quantitative estimate of drug-likeness (QED) is 0.934. The van der Waals surface area contributed by atoms with Gasteiger partial charge in [-0.3, -0.25) is 4.98 Å². The molecular formula is C18H22N2O. The summed E-state index contributed by atoms with van der Waals surface area (Å²) in [6, 6.07) is 10.9. The normalized spacial score (nSPS) is 18.7.